The largest absolute Gasteiger partial charge is 0.385 e. The first kappa shape index (κ1) is 17.9. The highest BCUT2D eigenvalue weighted by Gasteiger charge is 2.19. The minimum absolute atomic E-state index is 0.209. The van der Waals surface area contributed by atoms with Crippen molar-refractivity contribution in [2.75, 3.05) is 6.54 Å². The average Bonchev–Trinajstić information content (AvgIpc) is 2.60. The molecule has 0 atom stereocenters. The summed E-state index contributed by atoms with van der Waals surface area (Å²) < 4.78 is 0. The molecule has 3 amide bonds. The number of hydrogen-bond acceptors (Lipinski definition) is 4. The number of hydrogen-bond donors (Lipinski definition) is 2. The van der Waals surface area contributed by atoms with Crippen LogP contribution in [0.3, 0.4) is 0 Å². The zero-order valence-corrected chi connectivity index (χ0v) is 14.1. The minimum atomic E-state index is -0.506. The second kappa shape index (κ2) is 8.45. The van der Waals surface area contributed by atoms with Gasteiger partial charge in [0, 0.05) is 12.7 Å². The zero-order chi connectivity index (χ0) is 18.2. The molecular weight excluding hydrogens is 318 g/mol. The average molecular weight is 337 g/mol. The maximum Gasteiger partial charge on any atom is 0.350 e. The van der Waals surface area contributed by atoms with Crippen LogP contribution in [0.2, 0.25) is 0 Å². The van der Waals surface area contributed by atoms with Crippen molar-refractivity contribution in [3.63, 3.8) is 0 Å². The van der Waals surface area contributed by atoms with Crippen molar-refractivity contribution in [3.8, 4) is 6.07 Å². The molecule has 7 nitrogen and oxygen atoms in total. The van der Waals surface area contributed by atoms with Crippen molar-refractivity contribution in [1.82, 2.24) is 15.5 Å². The number of nitrogens with one attached hydrogen (secondary N) is 2. The number of amides is 3. The normalized spacial score (nSPS) is 13.7. The Morgan fingerprint density at radius 2 is 2.32 bits per heavy atom. The van der Waals surface area contributed by atoms with Gasteiger partial charge >= 0.3 is 6.03 Å². The molecule has 0 saturated heterocycles. The molecule has 1 heterocycles. The van der Waals surface area contributed by atoms with E-state index in [1.54, 1.807) is 24.4 Å². The number of urea groups is 1. The van der Waals surface area contributed by atoms with E-state index in [4.69, 9.17) is 5.26 Å². The van der Waals surface area contributed by atoms with E-state index < -0.39 is 6.03 Å². The van der Waals surface area contributed by atoms with Crippen molar-refractivity contribution >= 4 is 18.3 Å². The molecule has 0 radical (unpaired) electrons. The second-order valence-corrected chi connectivity index (χ2v) is 5.58. The standard InChI is InChI=1S/C18H19N5O2/c1-13-6-17(10-20-9-13)23(18(25)22-14(2)21-12-24)11-16-5-3-4-15(7-16)8-19/h3-7,10,12,20H,9,11H2,1-2H3,(H,21,22,24,25). The summed E-state index contributed by atoms with van der Waals surface area (Å²) in [7, 11) is 0. The van der Waals surface area contributed by atoms with E-state index in [2.05, 4.69) is 21.7 Å². The molecule has 1 aromatic carbocycles. The van der Waals surface area contributed by atoms with Crippen LogP contribution in [-0.4, -0.2) is 29.7 Å². The van der Waals surface area contributed by atoms with Gasteiger partial charge in [0.25, 0.3) is 0 Å². The number of nitrogens with zero attached hydrogens (tertiary/aromatic N) is 3. The van der Waals surface area contributed by atoms with Gasteiger partial charge in [0.1, 0.15) is 5.84 Å². The summed E-state index contributed by atoms with van der Waals surface area (Å²) >= 11 is 0. The first-order valence-corrected chi connectivity index (χ1v) is 7.70. The molecule has 0 unspecified atom stereocenters. The molecule has 0 spiro atoms. The molecule has 7 heteroatoms. The third-order valence-electron chi connectivity index (χ3n) is 3.50. The Morgan fingerprint density at radius 1 is 1.52 bits per heavy atom. The van der Waals surface area contributed by atoms with E-state index >= 15 is 0 Å². The van der Waals surface area contributed by atoms with Gasteiger partial charge in [-0.15, -0.1) is 0 Å². The van der Waals surface area contributed by atoms with E-state index in [0.717, 1.165) is 11.1 Å². The lowest BCUT2D eigenvalue weighted by Gasteiger charge is -2.25. The van der Waals surface area contributed by atoms with Gasteiger partial charge in [0.15, 0.2) is 0 Å². The van der Waals surface area contributed by atoms with Gasteiger partial charge in [-0.05, 0) is 37.6 Å². The van der Waals surface area contributed by atoms with Crippen LogP contribution < -0.4 is 10.6 Å². The molecule has 2 N–H and O–H groups in total. The van der Waals surface area contributed by atoms with Gasteiger partial charge in [-0.25, -0.2) is 4.79 Å². The number of allylic oxidation sites excluding steroid dienone is 1. The summed E-state index contributed by atoms with van der Waals surface area (Å²) in [6.07, 6.45) is 4.12. The van der Waals surface area contributed by atoms with Gasteiger partial charge in [-0.2, -0.15) is 10.3 Å². The number of dihydropyridines is 1. The van der Waals surface area contributed by atoms with Crippen LogP contribution in [0.15, 0.2) is 52.8 Å². The molecule has 0 bridgehead atoms. The predicted molar refractivity (Wildman–Crippen MR) is 94.2 cm³/mol. The predicted octanol–water partition coefficient (Wildman–Crippen LogP) is 2.04. The van der Waals surface area contributed by atoms with Crippen molar-refractivity contribution in [3.05, 3.63) is 58.9 Å². The van der Waals surface area contributed by atoms with E-state index in [0.29, 0.717) is 24.2 Å². The third kappa shape index (κ3) is 5.04. The number of benzene rings is 1. The number of carbonyl (C=O) groups is 2. The lowest BCUT2D eigenvalue weighted by atomic mass is 10.1. The lowest BCUT2D eigenvalue weighted by molar-refractivity contribution is -0.108. The Kier molecular flexibility index (Phi) is 6.07. The number of rotatable bonds is 4. The van der Waals surface area contributed by atoms with Crippen molar-refractivity contribution in [1.29, 1.82) is 5.26 Å². The van der Waals surface area contributed by atoms with Gasteiger partial charge < -0.3 is 10.6 Å². The third-order valence-corrected chi connectivity index (χ3v) is 3.50. The summed E-state index contributed by atoms with van der Waals surface area (Å²) in [6.45, 7) is 4.46. The van der Waals surface area contributed by atoms with Crippen molar-refractivity contribution in [2.24, 2.45) is 4.99 Å². The smallest absolute Gasteiger partial charge is 0.350 e. The van der Waals surface area contributed by atoms with Gasteiger partial charge in [0.05, 0.1) is 23.9 Å². The summed E-state index contributed by atoms with van der Waals surface area (Å²) in [5.74, 6) is 0.209. The second-order valence-electron chi connectivity index (χ2n) is 5.58. The highest BCUT2D eigenvalue weighted by molar-refractivity contribution is 5.97. The Hall–Kier alpha value is -3.40. The molecule has 1 aliphatic rings. The van der Waals surface area contributed by atoms with E-state index in [1.165, 1.54) is 11.8 Å². The lowest BCUT2D eigenvalue weighted by Crippen LogP contribution is -2.32. The Labute approximate surface area is 146 Å². The minimum Gasteiger partial charge on any atom is -0.385 e. The topological polar surface area (TPSA) is 97.6 Å². The van der Waals surface area contributed by atoms with Crippen LogP contribution in [0.5, 0.6) is 0 Å². The molecular formula is C18H19N5O2. The number of nitriles is 1. The Morgan fingerprint density at radius 3 is 3.00 bits per heavy atom. The molecule has 0 aliphatic carbocycles. The highest BCUT2D eigenvalue weighted by Crippen LogP contribution is 2.18. The quantitative estimate of drug-likeness (QED) is 0.499. The van der Waals surface area contributed by atoms with Crippen LogP contribution in [0.25, 0.3) is 0 Å². The van der Waals surface area contributed by atoms with Crippen LogP contribution in [0.4, 0.5) is 4.79 Å². The molecule has 128 valence electrons. The monoisotopic (exact) mass is 337 g/mol. The highest BCUT2D eigenvalue weighted by atomic mass is 16.2. The fourth-order valence-electron chi connectivity index (χ4n) is 2.33. The molecule has 0 fully saturated rings. The van der Waals surface area contributed by atoms with E-state index in [1.807, 2.05) is 19.1 Å². The number of aliphatic imine (C=N–C) groups is 1. The van der Waals surface area contributed by atoms with Gasteiger partial charge in [-0.1, -0.05) is 17.7 Å². The number of carbonyl (C=O) groups excluding carboxylic acids is 2. The fourth-order valence-corrected chi connectivity index (χ4v) is 2.33. The fraction of sp³-hybridized carbons (Fsp3) is 0.222. The maximum atomic E-state index is 12.6. The molecule has 0 aromatic heterocycles. The van der Waals surface area contributed by atoms with Crippen molar-refractivity contribution in [2.45, 2.75) is 20.4 Å². The first-order chi connectivity index (χ1) is 12.0. The molecule has 25 heavy (non-hydrogen) atoms. The van der Waals surface area contributed by atoms with Crippen LogP contribution in [0.1, 0.15) is 25.0 Å². The van der Waals surface area contributed by atoms with Crippen LogP contribution in [0, 0.1) is 11.3 Å². The van der Waals surface area contributed by atoms with Gasteiger partial charge in [-0.3, -0.25) is 9.69 Å². The van der Waals surface area contributed by atoms with E-state index in [-0.39, 0.29) is 12.4 Å². The number of amidine groups is 1. The van der Waals surface area contributed by atoms with E-state index in [9.17, 15) is 9.59 Å². The molecule has 0 saturated carbocycles. The summed E-state index contributed by atoms with van der Waals surface area (Å²) in [5, 5.41) is 14.5. The first-order valence-electron chi connectivity index (χ1n) is 7.70. The van der Waals surface area contributed by atoms with Crippen LogP contribution in [-0.2, 0) is 11.3 Å². The summed E-state index contributed by atoms with van der Waals surface area (Å²) in [5.41, 5.74) is 3.07. The van der Waals surface area contributed by atoms with Crippen LogP contribution >= 0.6 is 0 Å². The Bertz CT molecular complexity index is 802. The Balaban J connectivity index is 2.33. The summed E-state index contributed by atoms with van der Waals surface area (Å²) in [6, 6.07) is 8.63. The SMILES string of the molecule is CC1=CC(N(Cc2cccc(C#N)c2)C(=O)/N=C(/C)NC=O)=CNC1. The zero-order valence-electron chi connectivity index (χ0n) is 14.1. The van der Waals surface area contributed by atoms with Crippen molar-refractivity contribution < 1.29 is 9.59 Å². The molecule has 1 aromatic rings. The van der Waals surface area contributed by atoms with Gasteiger partial charge in [0.2, 0.25) is 6.41 Å². The summed E-state index contributed by atoms with van der Waals surface area (Å²) in [4.78, 5) is 28.5. The maximum absolute atomic E-state index is 12.6. The molecule has 1 aliphatic heterocycles. The molecule has 2 rings (SSSR count).